The van der Waals surface area contributed by atoms with Gasteiger partial charge in [-0.15, -0.1) is 11.3 Å². The molecule has 0 atom stereocenters. The molecule has 0 spiro atoms. The van der Waals surface area contributed by atoms with Crippen molar-refractivity contribution in [2.75, 3.05) is 6.54 Å². The zero-order valence-electron chi connectivity index (χ0n) is 14.9. The van der Waals surface area contributed by atoms with E-state index < -0.39 is 0 Å². The van der Waals surface area contributed by atoms with Gasteiger partial charge in [-0.25, -0.2) is 4.98 Å². The molecule has 136 valence electrons. The van der Waals surface area contributed by atoms with Crippen LogP contribution in [0, 0.1) is 13.8 Å². The minimum Gasteiger partial charge on any atom is -0.331 e. The van der Waals surface area contributed by atoms with Crippen molar-refractivity contribution in [3.05, 3.63) is 60.8 Å². The van der Waals surface area contributed by atoms with Gasteiger partial charge in [0.05, 0.1) is 23.0 Å². The summed E-state index contributed by atoms with van der Waals surface area (Å²) < 4.78 is 0. The number of hydrogen-bond acceptors (Lipinski definition) is 4. The SMILES string of the molecule is CCCN(Cc1nc2cc(Cl)ccc2c(=O)[nH]1)C(=O)c1cc(C)sc1C. The third-order valence-corrected chi connectivity index (χ3v) is 5.31. The molecular weight excluding hydrogens is 370 g/mol. The van der Waals surface area contributed by atoms with E-state index in [1.54, 1.807) is 34.4 Å². The first kappa shape index (κ1) is 18.6. The Morgan fingerprint density at radius 1 is 1.31 bits per heavy atom. The fraction of sp³-hybridized carbons (Fsp3) is 0.316. The number of carbonyl (C=O) groups excluding carboxylic acids is 1. The van der Waals surface area contributed by atoms with Crippen LogP contribution in [0.15, 0.2) is 29.1 Å². The molecule has 3 aromatic rings. The molecule has 0 unspecified atom stereocenters. The average Bonchev–Trinajstić information content (AvgIpc) is 2.91. The summed E-state index contributed by atoms with van der Waals surface area (Å²) in [4.78, 5) is 36.4. The molecule has 3 rings (SSSR count). The lowest BCUT2D eigenvalue weighted by Gasteiger charge is -2.21. The summed E-state index contributed by atoms with van der Waals surface area (Å²) in [6.07, 6.45) is 0.817. The lowest BCUT2D eigenvalue weighted by molar-refractivity contribution is 0.0738. The summed E-state index contributed by atoms with van der Waals surface area (Å²) in [6.45, 7) is 6.80. The van der Waals surface area contributed by atoms with Gasteiger partial charge >= 0.3 is 0 Å². The number of hydrogen-bond donors (Lipinski definition) is 1. The van der Waals surface area contributed by atoms with Gasteiger partial charge in [0.2, 0.25) is 0 Å². The van der Waals surface area contributed by atoms with E-state index in [0.717, 1.165) is 16.2 Å². The number of halogens is 1. The van der Waals surface area contributed by atoms with Crippen molar-refractivity contribution in [3.8, 4) is 0 Å². The van der Waals surface area contributed by atoms with Crippen molar-refractivity contribution in [2.45, 2.75) is 33.7 Å². The molecule has 0 saturated heterocycles. The Balaban J connectivity index is 1.95. The topological polar surface area (TPSA) is 66.1 Å². The van der Waals surface area contributed by atoms with Crippen LogP contribution in [0.2, 0.25) is 5.02 Å². The number of nitrogens with zero attached hydrogens (tertiary/aromatic N) is 2. The first-order valence-electron chi connectivity index (χ1n) is 8.43. The normalized spacial score (nSPS) is 11.1. The average molecular weight is 390 g/mol. The Morgan fingerprint density at radius 3 is 2.73 bits per heavy atom. The molecule has 1 amide bonds. The molecule has 7 heteroatoms. The van der Waals surface area contributed by atoms with Crippen molar-refractivity contribution in [1.82, 2.24) is 14.9 Å². The van der Waals surface area contributed by atoms with Gasteiger partial charge in [0.15, 0.2) is 0 Å². The van der Waals surface area contributed by atoms with Crippen LogP contribution in [-0.4, -0.2) is 27.3 Å². The predicted octanol–water partition coefficient (Wildman–Crippen LogP) is 4.31. The molecule has 0 fully saturated rings. The van der Waals surface area contributed by atoms with Crippen LogP contribution in [0.5, 0.6) is 0 Å². The number of aromatic amines is 1. The second-order valence-corrected chi connectivity index (χ2v) is 8.12. The Labute approximate surface area is 160 Å². The summed E-state index contributed by atoms with van der Waals surface area (Å²) in [6, 6.07) is 6.89. The van der Waals surface area contributed by atoms with Crippen molar-refractivity contribution >= 4 is 39.7 Å². The van der Waals surface area contributed by atoms with Crippen LogP contribution in [0.4, 0.5) is 0 Å². The van der Waals surface area contributed by atoms with E-state index in [9.17, 15) is 9.59 Å². The predicted molar refractivity (Wildman–Crippen MR) is 106 cm³/mol. The van der Waals surface area contributed by atoms with Gasteiger partial charge in [-0.2, -0.15) is 0 Å². The molecule has 0 bridgehead atoms. The summed E-state index contributed by atoms with van der Waals surface area (Å²) >= 11 is 7.62. The van der Waals surface area contributed by atoms with Crippen molar-refractivity contribution < 1.29 is 4.79 Å². The van der Waals surface area contributed by atoms with E-state index in [4.69, 9.17) is 11.6 Å². The Kier molecular flexibility index (Phi) is 5.44. The zero-order chi connectivity index (χ0) is 18.8. The number of nitrogens with one attached hydrogen (secondary N) is 1. The van der Waals surface area contributed by atoms with Crippen LogP contribution in [0.1, 0.15) is 39.3 Å². The smallest absolute Gasteiger partial charge is 0.258 e. The number of rotatable bonds is 5. The number of aryl methyl sites for hydroxylation is 2. The molecule has 0 aliphatic heterocycles. The Morgan fingerprint density at radius 2 is 2.08 bits per heavy atom. The van der Waals surface area contributed by atoms with Crippen molar-refractivity contribution in [3.63, 3.8) is 0 Å². The van der Waals surface area contributed by atoms with Crippen LogP contribution in [-0.2, 0) is 6.54 Å². The molecule has 26 heavy (non-hydrogen) atoms. The minimum atomic E-state index is -0.229. The first-order valence-corrected chi connectivity index (χ1v) is 9.63. The molecule has 0 saturated carbocycles. The van der Waals surface area contributed by atoms with E-state index in [1.165, 1.54) is 0 Å². The van der Waals surface area contributed by atoms with Gasteiger partial charge in [0.25, 0.3) is 11.5 Å². The highest BCUT2D eigenvalue weighted by Gasteiger charge is 2.20. The van der Waals surface area contributed by atoms with E-state index in [0.29, 0.717) is 33.9 Å². The lowest BCUT2D eigenvalue weighted by Crippen LogP contribution is -2.33. The molecule has 0 aliphatic carbocycles. The molecule has 5 nitrogen and oxygen atoms in total. The van der Waals surface area contributed by atoms with Crippen LogP contribution in [0.3, 0.4) is 0 Å². The number of aromatic nitrogens is 2. The van der Waals surface area contributed by atoms with Gasteiger partial charge in [-0.3, -0.25) is 9.59 Å². The highest BCUT2D eigenvalue weighted by molar-refractivity contribution is 7.12. The third kappa shape index (κ3) is 3.81. The van der Waals surface area contributed by atoms with E-state index in [2.05, 4.69) is 9.97 Å². The van der Waals surface area contributed by atoms with Gasteiger partial charge in [0, 0.05) is 21.3 Å². The molecule has 2 aromatic heterocycles. The highest BCUT2D eigenvalue weighted by atomic mass is 35.5. The van der Waals surface area contributed by atoms with E-state index in [-0.39, 0.29) is 18.0 Å². The summed E-state index contributed by atoms with van der Waals surface area (Å²) in [5.41, 5.74) is 1.02. The fourth-order valence-corrected chi connectivity index (χ4v) is 4.03. The number of benzene rings is 1. The summed E-state index contributed by atoms with van der Waals surface area (Å²) in [7, 11) is 0. The largest absolute Gasteiger partial charge is 0.331 e. The fourth-order valence-electron chi connectivity index (χ4n) is 2.95. The molecular formula is C19H20ClN3O2S. The van der Waals surface area contributed by atoms with Gasteiger partial charge in [0.1, 0.15) is 5.82 Å². The summed E-state index contributed by atoms with van der Waals surface area (Å²) in [5.74, 6) is 0.415. The minimum absolute atomic E-state index is 0.0393. The number of thiophene rings is 1. The maximum absolute atomic E-state index is 13.0. The van der Waals surface area contributed by atoms with Gasteiger partial charge in [-0.05, 0) is 44.5 Å². The van der Waals surface area contributed by atoms with Crippen molar-refractivity contribution in [2.24, 2.45) is 0 Å². The molecule has 0 radical (unpaired) electrons. The van der Waals surface area contributed by atoms with E-state index >= 15 is 0 Å². The second kappa shape index (κ2) is 7.60. The zero-order valence-corrected chi connectivity index (χ0v) is 16.5. The Hall–Kier alpha value is -2.18. The monoisotopic (exact) mass is 389 g/mol. The number of carbonyl (C=O) groups is 1. The first-order chi connectivity index (χ1) is 12.4. The number of amides is 1. The lowest BCUT2D eigenvalue weighted by atomic mass is 10.2. The maximum Gasteiger partial charge on any atom is 0.258 e. The number of H-pyrrole nitrogens is 1. The van der Waals surface area contributed by atoms with Crippen LogP contribution >= 0.6 is 22.9 Å². The summed E-state index contributed by atoms with van der Waals surface area (Å²) in [5, 5.41) is 1.00. The Bertz CT molecular complexity index is 1030. The number of fused-ring (bicyclic) bond motifs is 1. The van der Waals surface area contributed by atoms with E-state index in [1.807, 2.05) is 26.8 Å². The molecule has 0 aliphatic rings. The van der Waals surface area contributed by atoms with Gasteiger partial charge in [-0.1, -0.05) is 18.5 Å². The standard InChI is InChI=1S/C19H20ClN3O2S/c1-4-7-23(19(25)15-8-11(2)26-12(15)3)10-17-21-16-9-13(20)5-6-14(16)18(24)22-17/h5-6,8-9H,4,7,10H2,1-3H3,(H,21,22,24). The second-order valence-electron chi connectivity index (χ2n) is 6.23. The third-order valence-electron chi connectivity index (χ3n) is 4.11. The van der Waals surface area contributed by atoms with Crippen molar-refractivity contribution in [1.29, 1.82) is 0 Å². The van der Waals surface area contributed by atoms with Crippen LogP contribution in [0.25, 0.3) is 10.9 Å². The quantitative estimate of drug-likeness (QED) is 0.707. The van der Waals surface area contributed by atoms with Gasteiger partial charge < -0.3 is 9.88 Å². The molecule has 2 heterocycles. The molecule has 1 aromatic carbocycles. The highest BCUT2D eigenvalue weighted by Crippen LogP contribution is 2.23. The maximum atomic E-state index is 13.0. The molecule has 1 N–H and O–H groups in total. The van der Waals surface area contributed by atoms with Crippen LogP contribution < -0.4 is 5.56 Å².